The first-order chi connectivity index (χ1) is 16.5. The van der Waals surface area contributed by atoms with Gasteiger partial charge in [-0.25, -0.2) is 0 Å². The van der Waals surface area contributed by atoms with E-state index in [0.29, 0.717) is 29.7 Å². The summed E-state index contributed by atoms with van der Waals surface area (Å²) < 4.78 is 1.88. The van der Waals surface area contributed by atoms with Crippen LogP contribution in [-0.2, 0) is 13.1 Å². The molecule has 5 N–H and O–H groups in total. The van der Waals surface area contributed by atoms with Crippen LogP contribution in [0.15, 0.2) is 91.0 Å². The fraction of sp³-hybridized carbons (Fsp3) is 0.0714. The lowest BCUT2D eigenvalue weighted by Crippen LogP contribution is -2.25. The molecule has 34 heavy (non-hydrogen) atoms. The summed E-state index contributed by atoms with van der Waals surface area (Å²) in [6.45, 7) is 0.782. The molecule has 0 spiro atoms. The number of fused-ring (bicyclic) bond motifs is 2. The number of aromatic hydroxyl groups is 1. The van der Waals surface area contributed by atoms with Crippen molar-refractivity contribution in [2.45, 2.75) is 13.1 Å². The summed E-state index contributed by atoms with van der Waals surface area (Å²) in [6.07, 6.45) is 0. The van der Waals surface area contributed by atoms with Crippen molar-refractivity contribution in [1.29, 1.82) is 5.41 Å². The van der Waals surface area contributed by atoms with Crippen LogP contribution in [0, 0.1) is 5.41 Å². The second-order valence-corrected chi connectivity index (χ2v) is 8.30. The van der Waals surface area contributed by atoms with E-state index in [-0.39, 0.29) is 17.5 Å². The van der Waals surface area contributed by atoms with Gasteiger partial charge in [0.2, 0.25) is 0 Å². The third-order valence-electron chi connectivity index (χ3n) is 6.00. The van der Waals surface area contributed by atoms with Gasteiger partial charge in [-0.1, -0.05) is 60.7 Å². The highest BCUT2D eigenvalue weighted by Crippen LogP contribution is 2.29. The molecule has 0 bridgehead atoms. The number of phenolic OH excluding ortho intramolecular Hbond substituents is 1. The largest absolute Gasteiger partial charge is 0.507 e. The van der Waals surface area contributed by atoms with E-state index >= 15 is 0 Å². The SMILES string of the molecule is N=C(N)c1cccc(Cn2c(C(=O)NCc3ccc4ccccc4c3)cc3c(O)cccc32)c1. The van der Waals surface area contributed by atoms with Crippen molar-refractivity contribution >= 4 is 33.4 Å². The Bertz CT molecular complexity index is 1550. The van der Waals surface area contributed by atoms with E-state index in [1.165, 1.54) is 0 Å². The van der Waals surface area contributed by atoms with Gasteiger partial charge in [0.05, 0.1) is 5.52 Å². The predicted octanol–water partition coefficient (Wildman–Crippen LogP) is 4.76. The number of phenols is 1. The van der Waals surface area contributed by atoms with Crippen molar-refractivity contribution in [3.8, 4) is 5.75 Å². The van der Waals surface area contributed by atoms with Crippen LogP contribution in [0.25, 0.3) is 21.7 Å². The van der Waals surface area contributed by atoms with E-state index in [2.05, 4.69) is 23.5 Å². The Morgan fingerprint density at radius 1 is 0.882 bits per heavy atom. The summed E-state index contributed by atoms with van der Waals surface area (Å²) in [5.41, 5.74) is 9.39. The number of carbonyl (C=O) groups excluding carboxylic acids is 1. The van der Waals surface area contributed by atoms with Gasteiger partial charge in [-0.2, -0.15) is 0 Å². The van der Waals surface area contributed by atoms with Crippen LogP contribution in [0.5, 0.6) is 5.75 Å². The molecule has 6 heteroatoms. The number of nitrogens with zero attached hydrogens (tertiary/aromatic N) is 1. The Morgan fingerprint density at radius 3 is 2.50 bits per heavy atom. The molecule has 168 valence electrons. The smallest absolute Gasteiger partial charge is 0.268 e. The van der Waals surface area contributed by atoms with Crippen LogP contribution in [0.1, 0.15) is 27.2 Å². The van der Waals surface area contributed by atoms with Crippen LogP contribution in [0.4, 0.5) is 0 Å². The normalized spacial score (nSPS) is 11.1. The second-order valence-electron chi connectivity index (χ2n) is 8.30. The summed E-state index contributed by atoms with van der Waals surface area (Å²) >= 11 is 0. The van der Waals surface area contributed by atoms with E-state index in [0.717, 1.165) is 27.4 Å². The minimum Gasteiger partial charge on any atom is -0.507 e. The summed E-state index contributed by atoms with van der Waals surface area (Å²) in [6, 6.07) is 28.6. The van der Waals surface area contributed by atoms with Gasteiger partial charge >= 0.3 is 0 Å². The fourth-order valence-electron chi connectivity index (χ4n) is 4.27. The Morgan fingerprint density at radius 2 is 1.68 bits per heavy atom. The lowest BCUT2D eigenvalue weighted by atomic mass is 10.1. The lowest BCUT2D eigenvalue weighted by Gasteiger charge is -2.13. The van der Waals surface area contributed by atoms with Crippen molar-refractivity contribution in [1.82, 2.24) is 9.88 Å². The predicted molar refractivity (Wildman–Crippen MR) is 135 cm³/mol. The third-order valence-corrected chi connectivity index (χ3v) is 6.00. The van der Waals surface area contributed by atoms with Crippen LogP contribution < -0.4 is 11.1 Å². The van der Waals surface area contributed by atoms with Crippen molar-refractivity contribution < 1.29 is 9.90 Å². The maximum Gasteiger partial charge on any atom is 0.268 e. The molecule has 1 aromatic heterocycles. The summed E-state index contributed by atoms with van der Waals surface area (Å²) in [7, 11) is 0. The van der Waals surface area contributed by atoms with Crippen LogP contribution in [-0.4, -0.2) is 21.4 Å². The average Bonchev–Trinajstić information content (AvgIpc) is 3.22. The van der Waals surface area contributed by atoms with Gasteiger partial charge in [-0.05, 0) is 52.2 Å². The molecule has 4 aromatic carbocycles. The number of amides is 1. The summed E-state index contributed by atoms with van der Waals surface area (Å²) in [5, 5.41) is 24.0. The standard InChI is InChI=1S/C28H24N4O2/c29-27(30)22-8-3-5-19(14-22)17-32-24-9-4-10-26(33)23(24)15-25(32)28(34)31-16-18-11-12-20-6-1-2-7-21(20)13-18/h1-15,33H,16-17H2,(H3,29,30)(H,31,34). The highest BCUT2D eigenvalue weighted by atomic mass is 16.3. The number of amidine groups is 1. The van der Waals surface area contributed by atoms with Gasteiger partial charge < -0.3 is 20.7 Å². The van der Waals surface area contributed by atoms with E-state index in [1.54, 1.807) is 24.3 Å². The molecule has 0 saturated heterocycles. The molecular weight excluding hydrogens is 424 g/mol. The number of carbonyl (C=O) groups is 1. The minimum absolute atomic E-state index is 0.00906. The number of nitrogen functional groups attached to an aromatic ring is 1. The fourth-order valence-corrected chi connectivity index (χ4v) is 4.27. The van der Waals surface area contributed by atoms with E-state index in [9.17, 15) is 9.90 Å². The first-order valence-corrected chi connectivity index (χ1v) is 11.0. The summed E-state index contributed by atoms with van der Waals surface area (Å²) in [5.74, 6) is -0.117. The van der Waals surface area contributed by atoms with Crippen LogP contribution in [0.3, 0.4) is 0 Å². The maximum atomic E-state index is 13.3. The van der Waals surface area contributed by atoms with Gasteiger partial charge in [-0.15, -0.1) is 0 Å². The molecule has 0 unspecified atom stereocenters. The number of nitrogens with two attached hydrogens (primary N) is 1. The zero-order valence-electron chi connectivity index (χ0n) is 18.5. The van der Waals surface area contributed by atoms with E-state index in [4.69, 9.17) is 11.1 Å². The molecular formula is C28H24N4O2. The Kier molecular flexibility index (Phi) is 5.47. The van der Waals surface area contributed by atoms with Crippen molar-refractivity contribution in [3.63, 3.8) is 0 Å². The van der Waals surface area contributed by atoms with Gasteiger partial charge in [0.25, 0.3) is 5.91 Å². The molecule has 1 amide bonds. The van der Waals surface area contributed by atoms with Gasteiger partial charge in [0.1, 0.15) is 17.3 Å². The van der Waals surface area contributed by atoms with Crippen molar-refractivity contribution in [2.75, 3.05) is 0 Å². The first kappa shape index (κ1) is 21.3. The molecule has 5 aromatic rings. The first-order valence-electron chi connectivity index (χ1n) is 11.0. The molecule has 1 heterocycles. The molecule has 0 radical (unpaired) electrons. The molecule has 0 aliphatic carbocycles. The second kappa shape index (κ2) is 8.75. The van der Waals surface area contributed by atoms with E-state index in [1.807, 2.05) is 53.1 Å². The molecule has 0 atom stereocenters. The monoisotopic (exact) mass is 448 g/mol. The maximum absolute atomic E-state index is 13.3. The van der Waals surface area contributed by atoms with Crippen molar-refractivity contribution in [3.05, 3.63) is 113 Å². The molecule has 5 rings (SSSR count). The number of nitrogens with one attached hydrogen (secondary N) is 2. The molecule has 0 saturated carbocycles. The molecule has 6 nitrogen and oxygen atoms in total. The quantitative estimate of drug-likeness (QED) is 0.222. The zero-order chi connectivity index (χ0) is 23.7. The van der Waals surface area contributed by atoms with Crippen molar-refractivity contribution in [2.24, 2.45) is 5.73 Å². The molecule has 0 fully saturated rings. The van der Waals surface area contributed by atoms with Gasteiger partial charge in [0, 0.05) is 24.0 Å². The zero-order valence-corrected chi connectivity index (χ0v) is 18.5. The Balaban J connectivity index is 1.46. The van der Waals surface area contributed by atoms with E-state index < -0.39 is 0 Å². The highest BCUT2D eigenvalue weighted by Gasteiger charge is 2.18. The van der Waals surface area contributed by atoms with Gasteiger partial charge in [-0.3, -0.25) is 10.2 Å². The Labute approximate surface area is 196 Å². The molecule has 0 aliphatic rings. The number of aromatic nitrogens is 1. The Hall–Kier alpha value is -4.58. The van der Waals surface area contributed by atoms with Crippen LogP contribution in [0.2, 0.25) is 0 Å². The molecule has 0 aliphatic heterocycles. The van der Waals surface area contributed by atoms with Crippen LogP contribution >= 0.6 is 0 Å². The number of benzene rings is 4. The highest BCUT2D eigenvalue weighted by molar-refractivity contribution is 6.00. The number of rotatable bonds is 6. The third kappa shape index (κ3) is 4.09. The summed E-state index contributed by atoms with van der Waals surface area (Å²) in [4.78, 5) is 13.3. The average molecular weight is 449 g/mol. The topological polar surface area (TPSA) is 104 Å². The minimum atomic E-state index is -0.230. The number of hydrogen-bond donors (Lipinski definition) is 4. The van der Waals surface area contributed by atoms with Gasteiger partial charge in [0.15, 0.2) is 0 Å². The lowest BCUT2D eigenvalue weighted by molar-refractivity contribution is 0.0942. The number of hydrogen-bond acceptors (Lipinski definition) is 3.